The molecule has 1 unspecified atom stereocenters. The van der Waals surface area contributed by atoms with E-state index in [2.05, 4.69) is 37.3 Å². The van der Waals surface area contributed by atoms with Crippen LogP contribution in [0.25, 0.3) is 11.0 Å². The number of hydrogen-bond acceptors (Lipinski definition) is 2. The molecular weight excluding hydrogens is 236 g/mol. The van der Waals surface area contributed by atoms with Gasteiger partial charge in [0, 0.05) is 17.4 Å². The predicted molar refractivity (Wildman–Crippen MR) is 74.3 cm³/mol. The van der Waals surface area contributed by atoms with Crippen molar-refractivity contribution in [2.75, 3.05) is 0 Å². The molecule has 0 saturated heterocycles. The van der Waals surface area contributed by atoms with Crippen molar-refractivity contribution in [3.05, 3.63) is 65.9 Å². The molecule has 94 valence electrons. The lowest BCUT2D eigenvalue weighted by Gasteiger charge is -2.24. The molecule has 0 bridgehead atoms. The van der Waals surface area contributed by atoms with E-state index >= 15 is 0 Å². The van der Waals surface area contributed by atoms with Crippen molar-refractivity contribution in [1.82, 2.24) is 0 Å². The van der Waals surface area contributed by atoms with Crippen LogP contribution in [-0.2, 0) is 12.0 Å². The van der Waals surface area contributed by atoms with Gasteiger partial charge in [0.15, 0.2) is 0 Å². The van der Waals surface area contributed by atoms with Crippen molar-refractivity contribution < 1.29 is 9.15 Å². The van der Waals surface area contributed by atoms with Gasteiger partial charge in [-0.15, -0.1) is 0 Å². The van der Waals surface area contributed by atoms with E-state index in [1.807, 2.05) is 18.2 Å². The van der Waals surface area contributed by atoms with Crippen molar-refractivity contribution in [2.24, 2.45) is 0 Å². The minimum atomic E-state index is -0.346. The molecule has 0 radical (unpaired) electrons. The predicted octanol–water partition coefficient (Wildman–Crippen LogP) is 4.28. The molecule has 0 saturated carbocycles. The first-order valence-electron chi connectivity index (χ1n) is 6.50. The Morgan fingerprint density at radius 3 is 2.79 bits per heavy atom. The maximum absolute atomic E-state index is 6.20. The summed E-state index contributed by atoms with van der Waals surface area (Å²) in [7, 11) is 0. The number of para-hydroxylation sites is 2. The third-order valence-electron chi connectivity index (χ3n) is 3.88. The second-order valence-corrected chi connectivity index (χ2v) is 5.26. The summed E-state index contributed by atoms with van der Waals surface area (Å²) in [4.78, 5) is 0. The third kappa shape index (κ3) is 1.49. The molecule has 2 nitrogen and oxygen atoms in total. The standard InChI is InChI=1S/C17H14O2/c1-17(11-13-5-2-3-8-15(13)19-17)14-7-4-6-12-9-10-18-16(12)14/h2-10H,11H2,1H3. The Kier molecular flexibility index (Phi) is 2.05. The first kappa shape index (κ1) is 10.7. The number of ether oxygens (including phenoxy) is 1. The molecular formula is C17H14O2. The van der Waals surface area contributed by atoms with Crippen LogP contribution < -0.4 is 4.74 Å². The van der Waals surface area contributed by atoms with Gasteiger partial charge in [-0.1, -0.05) is 36.4 Å². The summed E-state index contributed by atoms with van der Waals surface area (Å²) in [5.74, 6) is 0.980. The Balaban J connectivity index is 1.88. The SMILES string of the molecule is CC1(c2cccc3ccoc23)Cc2ccccc2O1. The third-order valence-corrected chi connectivity index (χ3v) is 3.88. The zero-order valence-corrected chi connectivity index (χ0v) is 10.7. The monoisotopic (exact) mass is 250 g/mol. The van der Waals surface area contributed by atoms with Crippen LogP contribution in [0.5, 0.6) is 5.75 Å². The van der Waals surface area contributed by atoms with E-state index in [9.17, 15) is 0 Å². The van der Waals surface area contributed by atoms with Crippen molar-refractivity contribution >= 4 is 11.0 Å². The summed E-state index contributed by atoms with van der Waals surface area (Å²) < 4.78 is 11.8. The first-order chi connectivity index (χ1) is 9.26. The molecule has 0 fully saturated rings. The zero-order chi connectivity index (χ0) is 12.9. The van der Waals surface area contributed by atoms with Gasteiger partial charge in [0.1, 0.15) is 16.9 Å². The van der Waals surface area contributed by atoms with Crippen molar-refractivity contribution in [2.45, 2.75) is 18.9 Å². The normalized spacial score (nSPS) is 21.3. The lowest BCUT2D eigenvalue weighted by Crippen LogP contribution is -2.27. The molecule has 2 heterocycles. The Labute approximate surface area is 111 Å². The quantitative estimate of drug-likeness (QED) is 0.643. The first-order valence-corrected chi connectivity index (χ1v) is 6.50. The summed E-state index contributed by atoms with van der Waals surface area (Å²) in [6.45, 7) is 2.13. The highest BCUT2D eigenvalue weighted by molar-refractivity contribution is 5.81. The molecule has 4 rings (SSSR count). The second kappa shape index (κ2) is 3.64. The van der Waals surface area contributed by atoms with E-state index in [-0.39, 0.29) is 5.60 Å². The van der Waals surface area contributed by atoms with Crippen molar-refractivity contribution in [1.29, 1.82) is 0 Å². The minimum absolute atomic E-state index is 0.346. The Morgan fingerprint density at radius 1 is 1.00 bits per heavy atom. The molecule has 19 heavy (non-hydrogen) atoms. The van der Waals surface area contributed by atoms with Crippen LogP contribution in [0.4, 0.5) is 0 Å². The molecule has 3 aromatic rings. The van der Waals surface area contributed by atoms with Gasteiger partial charge in [0.05, 0.1) is 6.26 Å². The van der Waals surface area contributed by atoms with Crippen LogP contribution in [0.3, 0.4) is 0 Å². The summed E-state index contributed by atoms with van der Waals surface area (Å²) in [6, 6.07) is 16.4. The van der Waals surface area contributed by atoms with Gasteiger partial charge in [0.25, 0.3) is 0 Å². The highest BCUT2D eigenvalue weighted by Crippen LogP contribution is 2.43. The summed E-state index contributed by atoms with van der Waals surface area (Å²) in [6.07, 6.45) is 2.61. The summed E-state index contributed by atoms with van der Waals surface area (Å²) in [5, 5.41) is 1.12. The molecule has 1 aliphatic rings. The van der Waals surface area contributed by atoms with Crippen molar-refractivity contribution in [3.8, 4) is 5.75 Å². The molecule has 1 atom stereocenters. The number of hydrogen-bond donors (Lipinski definition) is 0. The van der Waals surface area contributed by atoms with Crippen molar-refractivity contribution in [3.63, 3.8) is 0 Å². The Hall–Kier alpha value is -2.22. The van der Waals surface area contributed by atoms with E-state index in [0.717, 1.165) is 28.7 Å². The van der Waals surface area contributed by atoms with E-state index in [0.29, 0.717) is 0 Å². The van der Waals surface area contributed by atoms with Gasteiger partial charge in [0.2, 0.25) is 0 Å². The van der Waals surface area contributed by atoms with E-state index in [1.165, 1.54) is 5.56 Å². The Bertz CT molecular complexity index is 730. The van der Waals surface area contributed by atoms with E-state index in [1.54, 1.807) is 6.26 Å². The van der Waals surface area contributed by atoms with E-state index < -0.39 is 0 Å². The summed E-state index contributed by atoms with van der Waals surface area (Å²) >= 11 is 0. The summed E-state index contributed by atoms with van der Waals surface area (Å²) in [5.41, 5.74) is 2.96. The van der Waals surface area contributed by atoms with Crippen LogP contribution in [-0.4, -0.2) is 0 Å². The number of fused-ring (bicyclic) bond motifs is 2. The van der Waals surface area contributed by atoms with Gasteiger partial charge in [-0.3, -0.25) is 0 Å². The fraction of sp³-hybridized carbons (Fsp3) is 0.176. The lowest BCUT2D eigenvalue weighted by molar-refractivity contribution is 0.116. The van der Waals surface area contributed by atoms with Crippen LogP contribution in [0.2, 0.25) is 0 Å². The number of rotatable bonds is 1. The largest absolute Gasteiger partial charge is 0.482 e. The molecule has 0 N–H and O–H groups in total. The maximum atomic E-state index is 6.20. The molecule has 1 aliphatic heterocycles. The van der Waals surface area contributed by atoms with Gasteiger partial charge in [-0.05, 0) is 24.6 Å². The zero-order valence-electron chi connectivity index (χ0n) is 10.7. The smallest absolute Gasteiger partial charge is 0.141 e. The maximum Gasteiger partial charge on any atom is 0.141 e. The molecule has 0 amide bonds. The Morgan fingerprint density at radius 2 is 1.89 bits per heavy atom. The van der Waals surface area contributed by atoms with Crippen LogP contribution >= 0.6 is 0 Å². The highest BCUT2D eigenvalue weighted by Gasteiger charge is 2.38. The lowest BCUT2D eigenvalue weighted by atomic mass is 9.90. The van der Waals surface area contributed by atoms with Crippen LogP contribution in [0.15, 0.2) is 59.2 Å². The number of furan rings is 1. The topological polar surface area (TPSA) is 22.4 Å². The van der Waals surface area contributed by atoms with Gasteiger partial charge >= 0.3 is 0 Å². The number of benzene rings is 2. The highest BCUT2D eigenvalue weighted by atomic mass is 16.5. The molecule has 2 aromatic carbocycles. The fourth-order valence-corrected chi connectivity index (χ4v) is 2.95. The molecule has 0 aliphatic carbocycles. The van der Waals surface area contributed by atoms with Crippen LogP contribution in [0.1, 0.15) is 18.1 Å². The van der Waals surface area contributed by atoms with Crippen LogP contribution in [0, 0.1) is 0 Å². The minimum Gasteiger partial charge on any atom is -0.482 e. The molecule has 2 heteroatoms. The second-order valence-electron chi connectivity index (χ2n) is 5.26. The fourth-order valence-electron chi connectivity index (χ4n) is 2.95. The van der Waals surface area contributed by atoms with E-state index in [4.69, 9.17) is 9.15 Å². The average molecular weight is 250 g/mol. The molecule has 1 aromatic heterocycles. The van der Waals surface area contributed by atoms with Gasteiger partial charge in [-0.2, -0.15) is 0 Å². The van der Waals surface area contributed by atoms with Gasteiger partial charge in [-0.25, -0.2) is 0 Å². The van der Waals surface area contributed by atoms with Gasteiger partial charge < -0.3 is 9.15 Å². The average Bonchev–Trinajstić information content (AvgIpc) is 3.00. The molecule has 0 spiro atoms.